The second-order valence-corrected chi connectivity index (χ2v) is 5.77. The highest BCUT2D eigenvalue weighted by Crippen LogP contribution is 2.29. The molecular formula is C16H24FNO9. The van der Waals surface area contributed by atoms with Gasteiger partial charge in [0.15, 0.2) is 12.2 Å². The second-order valence-electron chi connectivity index (χ2n) is 5.77. The first kappa shape index (κ1) is 22.6. The Balaban J connectivity index is 3.03. The van der Waals surface area contributed by atoms with Gasteiger partial charge in [0.2, 0.25) is 12.5 Å². The van der Waals surface area contributed by atoms with Gasteiger partial charge >= 0.3 is 24.0 Å². The number of esters is 3. The molecule has 0 unspecified atom stereocenters. The normalized spacial score (nSPS) is 27.2. The van der Waals surface area contributed by atoms with Gasteiger partial charge in [-0.25, -0.2) is 9.18 Å². The van der Waals surface area contributed by atoms with E-state index < -0.39 is 61.4 Å². The molecule has 1 heterocycles. The lowest BCUT2D eigenvalue weighted by molar-refractivity contribution is -0.278. The third-order valence-electron chi connectivity index (χ3n) is 3.37. The average molecular weight is 393 g/mol. The molecule has 154 valence electrons. The predicted molar refractivity (Wildman–Crippen MR) is 86.1 cm³/mol. The number of halogens is 1. The van der Waals surface area contributed by atoms with Crippen LogP contribution in [0.3, 0.4) is 0 Å². The van der Waals surface area contributed by atoms with Crippen LogP contribution in [0.2, 0.25) is 0 Å². The van der Waals surface area contributed by atoms with E-state index in [0.29, 0.717) is 13.0 Å². The zero-order valence-corrected chi connectivity index (χ0v) is 15.6. The number of carbonyl (C=O) groups is 4. The maximum Gasteiger partial charge on any atom is 0.409 e. The summed E-state index contributed by atoms with van der Waals surface area (Å²) in [6, 6.07) is 0. The van der Waals surface area contributed by atoms with Crippen LogP contribution in [0.5, 0.6) is 0 Å². The number of hydrogen-bond acceptors (Lipinski definition) is 9. The van der Waals surface area contributed by atoms with Crippen LogP contribution in [0.25, 0.3) is 0 Å². The average Bonchev–Trinajstić information content (AvgIpc) is 2.56. The summed E-state index contributed by atoms with van der Waals surface area (Å²) in [7, 11) is 0. The van der Waals surface area contributed by atoms with Crippen molar-refractivity contribution in [3.63, 3.8) is 0 Å². The SMILES string of the molecule is CCCNC(=O)O[C@@H]1O[C@H](COC(C)=O)[C@@H](OC(C)=O)[C@H](OC(C)=O)[C@H]1F. The molecule has 1 amide bonds. The van der Waals surface area contributed by atoms with E-state index in [0.717, 1.165) is 20.8 Å². The highest BCUT2D eigenvalue weighted by Gasteiger charge is 2.52. The van der Waals surface area contributed by atoms with E-state index >= 15 is 0 Å². The first-order valence-electron chi connectivity index (χ1n) is 8.37. The van der Waals surface area contributed by atoms with E-state index in [1.165, 1.54) is 0 Å². The monoisotopic (exact) mass is 393 g/mol. The molecule has 0 aromatic heterocycles. The number of amides is 1. The van der Waals surface area contributed by atoms with Crippen LogP contribution in [-0.4, -0.2) is 67.9 Å². The lowest BCUT2D eigenvalue weighted by atomic mass is 9.99. The fourth-order valence-corrected chi connectivity index (χ4v) is 2.33. The number of carbonyl (C=O) groups excluding carboxylic acids is 4. The quantitative estimate of drug-likeness (QED) is 0.489. The largest absolute Gasteiger partial charge is 0.463 e. The molecule has 1 N–H and O–H groups in total. The Morgan fingerprint density at radius 3 is 2.07 bits per heavy atom. The number of ether oxygens (including phenoxy) is 5. The lowest BCUT2D eigenvalue weighted by Gasteiger charge is -2.41. The Morgan fingerprint density at radius 2 is 1.56 bits per heavy atom. The molecule has 10 nitrogen and oxygen atoms in total. The van der Waals surface area contributed by atoms with Gasteiger partial charge in [0.25, 0.3) is 0 Å². The number of hydrogen-bond donors (Lipinski definition) is 1. The highest BCUT2D eigenvalue weighted by molar-refractivity contribution is 5.68. The van der Waals surface area contributed by atoms with Crippen LogP contribution in [0.1, 0.15) is 34.1 Å². The lowest BCUT2D eigenvalue weighted by Crippen LogP contribution is -2.61. The molecule has 27 heavy (non-hydrogen) atoms. The first-order valence-corrected chi connectivity index (χ1v) is 8.37. The van der Waals surface area contributed by atoms with E-state index in [1.54, 1.807) is 0 Å². The number of rotatable bonds is 7. The van der Waals surface area contributed by atoms with E-state index in [-0.39, 0.29) is 0 Å². The molecule has 0 bridgehead atoms. The summed E-state index contributed by atoms with van der Waals surface area (Å²) < 4.78 is 39.8. The number of nitrogens with one attached hydrogen (secondary N) is 1. The maximum atomic E-state index is 14.8. The van der Waals surface area contributed by atoms with Crippen molar-refractivity contribution in [2.24, 2.45) is 0 Å². The van der Waals surface area contributed by atoms with Crippen molar-refractivity contribution in [2.45, 2.75) is 64.9 Å². The van der Waals surface area contributed by atoms with Crippen molar-refractivity contribution in [3.8, 4) is 0 Å². The molecule has 11 heteroatoms. The third-order valence-corrected chi connectivity index (χ3v) is 3.37. The van der Waals surface area contributed by atoms with Crippen molar-refractivity contribution in [1.82, 2.24) is 5.32 Å². The van der Waals surface area contributed by atoms with Crippen molar-refractivity contribution in [1.29, 1.82) is 0 Å². The molecule has 0 radical (unpaired) electrons. The van der Waals surface area contributed by atoms with Crippen LogP contribution < -0.4 is 5.32 Å². The molecule has 1 aliphatic heterocycles. The standard InChI is InChI=1S/C16H24FNO9/c1-5-6-18-16(22)27-15-12(17)14(25-10(4)21)13(24-9(3)20)11(26-15)7-23-8(2)19/h11-15H,5-7H2,1-4H3,(H,18,22)/t11-,12-,13-,14-,15+/m1/s1. The molecule has 1 aliphatic rings. The Hall–Kier alpha value is -2.43. The van der Waals surface area contributed by atoms with Gasteiger partial charge < -0.3 is 29.0 Å². The fraction of sp³-hybridized carbons (Fsp3) is 0.750. The molecule has 0 saturated carbocycles. The maximum absolute atomic E-state index is 14.8. The van der Waals surface area contributed by atoms with E-state index in [1.807, 2.05) is 6.92 Å². The van der Waals surface area contributed by atoms with E-state index in [2.05, 4.69) is 5.32 Å². The Bertz CT molecular complexity index is 556. The summed E-state index contributed by atoms with van der Waals surface area (Å²) in [6.07, 6.45) is -8.47. The summed E-state index contributed by atoms with van der Waals surface area (Å²) in [5.74, 6) is -2.30. The second kappa shape index (κ2) is 10.7. The van der Waals surface area contributed by atoms with Crippen LogP contribution in [0.4, 0.5) is 9.18 Å². The van der Waals surface area contributed by atoms with E-state index in [9.17, 15) is 23.6 Å². The summed E-state index contributed by atoms with van der Waals surface area (Å²) >= 11 is 0. The number of alkyl carbamates (subject to hydrolysis) is 1. The highest BCUT2D eigenvalue weighted by atomic mass is 19.1. The van der Waals surface area contributed by atoms with Crippen LogP contribution in [0.15, 0.2) is 0 Å². The molecule has 0 aromatic carbocycles. The van der Waals surface area contributed by atoms with Crippen molar-refractivity contribution in [2.75, 3.05) is 13.2 Å². The van der Waals surface area contributed by atoms with Crippen molar-refractivity contribution < 1.29 is 47.3 Å². The smallest absolute Gasteiger partial charge is 0.409 e. The molecule has 1 rings (SSSR count). The van der Waals surface area contributed by atoms with Gasteiger partial charge in [0.1, 0.15) is 12.7 Å². The van der Waals surface area contributed by atoms with Gasteiger partial charge in [-0.05, 0) is 6.42 Å². The molecule has 0 spiro atoms. The zero-order chi connectivity index (χ0) is 20.6. The topological polar surface area (TPSA) is 126 Å². The Morgan fingerprint density at radius 1 is 0.963 bits per heavy atom. The summed E-state index contributed by atoms with van der Waals surface area (Å²) in [6.45, 7) is 4.92. The fourth-order valence-electron chi connectivity index (χ4n) is 2.33. The van der Waals surface area contributed by atoms with Crippen LogP contribution in [-0.2, 0) is 38.1 Å². The van der Waals surface area contributed by atoms with Gasteiger partial charge in [0.05, 0.1) is 0 Å². The molecule has 1 saturated heterocycles. The third kappa shape index (κ3) is 7.37. The Kier molecular flexibility index (Phi) is 8.92. The number of alkyl halides is 1. The van der Waals surface area contributed by atoms with Crippen LogP contribution >= 0.6 is 0 Å². The minimum atomic E-state index is -2.14. The summed E-state index contributed by atoms with van der Waals surface area (Å²) in [5, 5.41) is 2.38. The zero-order valence-electron chi connectivity index (χ0n) is 15.6. The molecule has 0 aliphatic carbocycles. The Labute approximate surface area is 155 Å². The van der Waals surface area contributed by atoms with Gasteiger partial charge in [-0.15, -0.1) is 0 Å². The predicted octanol–water partition coefficient (Wildman–Crippen LogP) is 0.612. The summed E-state index contributed by atoms with van der Waals surface area (Å²) in [5.41, 5.74) is 0. The first-order chi connectivity index (χ1) is 12.6. The van der Waals surface area contributed by atoms with Crippen molar-refractivity contribution >= 4 is 24.0 Å². The minimum absolute atomic E-state index is 0.294. The van der Waals surface area contributed by atoms with Crippen LogP contribution in [0, 0.1) is 0 Å². The molecule has 5 atom stereocenters. The van der Waals surface area contributed by atoms with Gasteiger partial charge in [-0.3, -0.25) is 14.4 Å². The van der Waals surface area contributed by atoms with Crippen molar-refractivity contribution in [3.05, 3.63) is 0 Å². The van der Waals surface area contributed by atoms with Gasteiger partial charge in [-0.2, -0.15) is 0 Å². The van der Waals surface area contributed by atoms with Gasteiger partial charge in [-0.1, -0.05) is 6.92 Å². The van der Waals surface area contributed by atoms with Gasteiger partial charge in [0, 0.05) is 27.3 Å². The molecule has 1 fully saturated rings. The minimum Gasteiger partial charge on any atom is -0.463 e. The summed E-state index contributed by atoms with van der Waals surface area (Å²) in [4.78, 5) is 45.5. The molecular weight excluding hydrogens is 369 g/mol. The van der Waals surface area contributed by atoms with E-state index in [4.69, 9.17) is 23.7 Å². The molecule has 0 aromatic rings.